The van der Waals surface area contributed by atoms with Gasteiger partial charge < -0.3 is 4.57 Å². The Labute approximate surface area is 375 Å². The summed E-state index contributed by atoms with van der Waals surface area (Å²) < 4.78 is 2.38. The van der Waals surface area contributed by atoms with Gasteiger partial charge in [0.2, 0.25) is 0 Å². The molecule has 0 radical (unpaired) electrons. The molecule has 4 aromatic heterocycles. The van der Waals surface area contributed by atoms with Crippen LogP contribution in [0.3, 0.4) is 0 Å². The second-order valence-corrected chi connectivity index (χ2v) is 16.7. The Morgan fingerprint density at radius 3 is 1.46 bits per heavy atom. The molecule has 13 aromatic rings. The van der Waals surface area contributed by atoms with Crippen LogP contribution in [0.4, 0.5) is 0 Å². The first-order valence-corrected chi connectivity index (χ1v) is 22.1. The highest BCUT2D eigenvalue weighted by molar-refractivity contribution is 6.29. The number of benzene rings is 9. The predicted molar refractivity (Wildman–Crippen MR) is 271 cm³/mol. The Bertz CT molecular complexity index is 3950. The summed E-state index contributed by atoms with van der Waals surface area (Å²) in [6, 6.07) is 82.0. The lowest BCUT2D eigenvalue weighted by molar-refractivity contribution is 1.18. The minimum atomic E-state index is 0.910. The van der Waals surface area contributed by atoms with Gasteiger partial charge in [0, 0.05) is 60.3 Å². The largest absolute Gasteiger partial charge is 0.309 e. The van der Waals surface area contributed by atoms with E-state index in [1.54, 1.807) is 0 Å². The SMILES string of the molecule is c1ccc(-c2ccc3ccc4ccc(-c5ccc(-c6ccc(-c7cccc8c7nc(-c7ccccc7)c7c8ccc8c7c7ccccc7n8-c7ccccc7)cc6)cc5)nc4c3n2)cc1. The quantitative estimate of drug-likeness (QED) is 0.157. The predicted octanol–water partition coefficient (Wildman–Crippen LogP) is 15.9. The molecule has 4 heterocycles. The molecule has 302 valence electrons. The van der Waals surface area contributed by atoms with Gasteiger partial charge in [0.05, 0.1) is 44.7 Å². The number of pyridine rings is 3. The van der Waals surface area contributed by atoms with E-state index >= 15 is 0 Å². The smallest absolute Gasteiger partial charge is 0.0972 e. The maximum absolute atomic E-state index is 5.64. The third kappa shape index (κ3) is 6.11. The van der Waals surface area contributed by atoms with E-state index in [1.165, 1.54) is 32.6 Å². The first kappa shape index (κ1) is 36.9. The molecular weight excluding hydrogens is 789 g/mol. The molecule has 0 fully saturated rings. The fourth-order valence-electron chi connectivity index (χ4n) is 9.85. The van der Waals surface area contributed by atoms with Crippen LogP contribution in [-0.4, -0.2) is 19.5 Å². The van der Waals surface area contributed by atoms with Gasteiger partial charge in [-0.2, -0.15) is 0 Å². The zero-order valence-corrected chi connectivity index (χ0v) is 35.2. The van der Waals surface area contributed by atoms with Crippen molar-refractivity contribution in [2.75, 3.05) is 0 Å². The van der Waals surface area contributed by atoms with Gasteiger partial charge in [-0.1, -0.05) is 194 Å². The molecule has 0 aliphatic rings. The topological polar surface area (TPSA) is 43.6 Å². The molecule has 13 rings (SSSR count). The van der Waals surface area contributed by atoms with Crippen molar-refractivity contribution < 1.29 is 0 Å². The zero-order chi connectivity index (χ0) is 42.8. The first-order valence-electron chi connectivity index (χ1n) is 22.1. The van der Waals surface area contributed by atoms with E-state index in [-0.39, 0.29) is 0 Å². The van der Waals surface area contributed by atoms with Crippen LogP contribution >= 0.6 is 0 Å². The van der Waals surface area contributed by atoms with Crippen LogP contribution < -0.4 is 0 Å². The third-order valence-corrected chi connectivity index (χ3v) is 13.0. The Morgan fingerprint density at radius 1 is 0.277 bits per heavy atom. The maximum Gasteiger partial charge on any atom is 0.0972 e. The number of rotatable bonds is 6. The van der Waals surface area contributed by atoms with Crippen molar-refractivity contribution in [1.29, 1.82) is 0 Å². The van der Waals surface area contributed by atoms with E-state index in [0.29, 0.717) is 0 Å². The number of hydrogen-bond donors (Lipinski definition) is 0. The van der Waals surface area contributed by atoms with Gasteiger partial charge >= 0.3 is 0 Å². The Hall–Kier alpha value is -8.73. The summed E-state index contributed by atoms with van der Waals surface area (Å²) in [4.78, 5) is 15.9. The fourth-order valence-corrected chi connectivity index (χ4v) is 9.85. The molecule has 0 unspecified atom stereocenters. The van der Waals surface area contributed by atoms with Crippen molar-refractivity contribution in [2.45, 2.75) is 0 Å². The minimum absolute atomic E-state index is 0.910. The van der Waals surface area contributed by atoms with Crippen LogP contribution in [0.15, 0.2) is 231 Å². The van der Waals surface area contributed by atoms with Crippen LogP contribution in [0.25, 0.3) is 127 Å². The summed E-state index contributed by atoms with van der Waals surface area (Å²) in [5, 5.41) is 8.09. The van der Waals surface area contributed by atoms with Gasteiger partial charge in [-0.05, 0) is 58.5 Å². The summed E-state index contributed by atoms with van der Waals surface area (Å²) in [5.41, 5.74) is 16.9. The summed E-state index contributed by atoms with van der Waals surface area (Å²) in [6.07, 6.45) is 0. The lowest BCUT2D eigenvalue weighted by Crippen LogP contribution is -1.95. The summed E-state index contributed by atoms with van der Waals surface area (Å²) >= 11 is 0. The minimum Gasteiger partial charge on any atom is -0.309 e. The zero-order valence-electron chi connectivity index (χ0n) is 35.2. The highest BCUT2D eigenvalue weighted by Crippen LogP contribution is 2.44. The van der Waals surface area contributed by atoms with Crippen molar-refractivity contribution in [1.82, 2.24) is 19.5 Å². The van der Waals surface area contributed by atoms with E-state index < -0.39 is 0 Å². The number of para-hydroxylation sites is 3. The van der Waals surface area contributed by atoms with Crippen LogP contribution in [0, 0.1) is 0 Å². The molecule has 0 bridgehead atoms. The van der Waals surface area contributed by atoms with Crippen molar-refractivity contribution >= 4 is 65.3 Å². The normalized spacial score (nSPS) is 11.7. The average Bonchev–Trinajstić information content (AvgIpc) is 3.73. The van der Waals surface area contributed by atoms with Crippen LogP contribution in [-0.2, 0) is 0 Å². The molecule has 0 amide bonds. The number of fused-ring (bicyclic) bond motifs is 10. The molecule has 0 aliphatic heterocycles. The molecule has 0 saturated heterocycles. The van der Waals surface area contributed by atoms with Crippen LogP contribution in [0.1, 0.15) is 0 Å². The average molecular weight is 827 g/mol. The molecule has 0 N–H and O–H groups in total. The molecule has 65 heavy (non-hydrogen) atoms. The third-order valence-electron chi connectivity index (χ3n) is 13.0. The molecule has 0 saturated carbocycles. The summed E-state index contributed by atoms with van der Waals surface area (Å²) in [5.74, 6) is 0. The Morgan fingerprint density at radius 2 is 0.800 bits per heavy atom. The molecule has 0 atom stereocenters. The lowest BCUT2D eigenvalue weighted by Gasteiger charge is -2.15. The second-order valence-electron chi connectivity index (χ2n) is 16.7. The molecule has 4 heteroatoms. The van der Waals surface area contributed by atoms with Crippen molar-refractivity contribution in [3.05, 3.63) is 231 Å². The summed E-state index contributed by atoms with van der Waals surface area (Å²) in [6.45, 7) is 0. The van der Waals surface area contributed by atoms with Crippen LogP contribution in [0.5, 0.6) is 0 Å². The number of nitrogens with zero attached hydrogens (tertiary/aromatic N) is 4. The van der Waals surface area contributed by atoms with Gasteiger partial charge in [0.25, 0.3) is 0 Å². The van der Waals surface area contributed by atoms with E-state index in [0.717, 1.165) is 94.4 Å². The van der Waals surface area contributed by atoms with Crippen molar-refractivity contribution in [2.24, 2.45) is 0 Å². The molecule has 9 aromatic carbocycles. The highest BCUT2D eigenvalue weighted by atomic mass is 15.0. The van der Waals surface area contributed by atoms with E-state index in [9.17, 15) is 0 Å². The fraction of sp³-hybridized carbons (Fsp3) is 0. The second kappa shape index (κ2) is 15.0. The lowest BCUT2D eigenvalue weighted by atomic mass is 9.93. The first-order chi connectivity index (χ1) is 32.2. The van der Waals surface area contributed by atoms with Crippen molar-refractivity contribution in [3.8, 4) is 61.7 Å². The number of hydrogen-bond acceptors (Lipinski definition) is 3. The maximum atomic E-state index is 5.64. The van der Waals surface area contributed by atoms with Gasteiger partial charge in [-0.25, -0.2) is 15.0 Å². The summed E-state index contributed by atoms with van der Waals surface area (Å²) in [7, 11) is 0. The van der Waals surface area contributed by atoms with Crippen molar-refractivity contribution in [3.63, 3.8) is 0 Å². The Kier molecular flexibility index (Phi) is 8.50. The van der Waals surface area contributed by atoms with Gasteiger partial charge in [-0.15, -0.1) is 0 Å². The van der Waals surface area contributed by atoms with Gasteiger partial charge in [-0.3, -0.25) is 0 Å². The number of aromatic nitrogens is 4. The standard InChI is InChI=1S/C61H38N4/c1-4-13-42(14-5-1)52-36-33-45-31-32-46-34-37-53(63-60(46)59(45)62-52)43-29-25-40(26-30-43)39-23-27-41(28-24-39)48-20-12-21-50-49-35-38-55-56(57(49)58(64-61(48)50)44-15-6-2-7-16-44)51-19-10-11-22-54(51)65(55)47-17-8-3-9-18-47/h1-38H. The van der Waals surface area contributed by atoms with Gasteiger partial charge in [0.1, 0.15) is 0 Å². The van der Waals surface area contributed by atoms with E-state index in [1.807, 2.05) is 18.2 Å². The Balaban J connectivity index is 0.888. The molecule has 4 nitrogen and oxygen atoms in total. The van der Waals surface area contributed by atoms with E-state index in [4.69, 9.17) is 15.0 Å². The van der Waals surface area contributed by atoms with Crippen LogP contribution in [0.2, 0.25) is 0 Å². The monoisotopic (exact) mass is 826 g/mol. The van der Waals surface area contributed by atoms with E-state index in [2.05, 4.69) is 217 Å². The highest BCUT2D eigenvalue weighted by Gasteiger charge is 2.21. The van der Waals surface area contributed by atoms with Gasteiger partial charge in [0.15, 0.2) is 0 Å². The molecule has 0 spiro atoms. The molecule has 0 aliphatic carbocycles. The molecular formula is C61H38N4.